The standard InChI is InChI=1S/C14H22N2O3/c1-10(11(2)15)14(17)16-12-4-6-13(7-5-12)19-9-8-18-3/h4-7,10-11H,8-9,15H2,1-3H3,(H,16,17). The number of nitrogens with two attached hydrogens (primary N) is 1. The summed E-state index contributed by atoms with van der Waals surface area (Å²) in [4.78, 5) is 11.8. The summed E-state index contributed by atoms with van der Waals surface area (Å²) in [6.45, 7) is 4.67. The van der Waals surface area contributed by atoms with Crippen LogP contribution < -0.4 is 15.8 Å². The molecule has 0 fully saturated rings. The van der Waals surface area contributed by atoms with E-state index in [-0.39, 0.29) is 17.9 Å². The van der Waals surface area contributed by atoms with Crippen LogP contribution in [0.4, 0.5) is 5.69 Å². The number of benzene rings is 1. The van der Waals surface area contributed by atoms with Gasteiger partial charge in [0, 0.05) is 18.8 Å². The van der Waals surface area contributed by atoms with Crippen LogP contribution in [0.5, 0.6) is 5.75 Å². The van der Waals surface area contributed by atoms with E-state index >= 15 is 0 Å². The van der Waals surface area contributed by atoms with Crippen LogP contribution in [0.15, 0.2) is 24.3 Å². The van der Waals surface area contributed by atoms with Crippen molar-refractivity contribution < 1.29 is 14.3 Å². The molecule has 2 atom stereocenters. The van der Waals surface area contributed by atoms with Crippen molar-refractivity contribution in [1.29, 1.82) is 0 Å². The number of carbonyl (C=O) groups excluding carboxylic acids is 1. The maximum Gasteiger partial charge on any atom is 0.228 e. The van der Waals surface area contributed by atoms with Crippen molar-refractivity contribution in [2.45, 2.75) is 19.9 Å². The van der Waals surface area contributed by atoms with E-state index in [9.17, 15) is 4.79 Å². The van der Waals surface area contributed by atoms with Gasteiger partial charge >= 0.3 is 0 Å². The second kappa shape index (κ2) is 7.76. The Morgan fingerprint density at radius 1 is 1.26 bits per heavy atom. The largest absolute Gasteiger partial charge is 0.491 e. The molecule has 5 heteroatoms. The summed E-state index contributed by atoms with van der Waals surface area (Å²) in [5.74, 6) is 0.441. The third-order valence-corrected chi connectivity index (χ3v) is 2.88. The Kier molecular flexibility index (Phi) is 6.32. The van der Waals surface area contributed by atoms with Gasteiger partial charge in [-0.05, 0) is 31.2 Å². The molecule has 19 heavy (non-hydrogen) atoms. The highest BCUT2D eigenvalue weighted by molar-refractivity contribution is 5.92. The number of anilines is 1. The molecule has 2 unspecified atom stereocenters. The highest BCUT2D eigenvalue weighted by Gasteiger charge is 2.16. The van der Waals surface area contributed by atoms with Gasteiger partial charge in [0.25, 0.3) is 0 Å². The van der Waals surface area contributed by atoms with Crippen molar-refractivity contribution in [3.63, 3.8) is 0 Å². The van der Waals surface area contributed by atoms with Gasteiger partial charge in [-0.3, -0.25) is 4.79 Å². The van der Waals surface area contributed by atoms with E-state index in [0.717, 1.165) is 11.4 Å². The predicted molar refractivity (Wildman–Crippen MR) is 75.3 cm³/mol. The number of nitrogens with one attached hydrogen (secondary N) is 1. The van der Waals surface area contributed by atoms with Crippen molar-refractivity contribution in [2.24, 2.45) is 11.7 Å². The van der Waals surface area contributed by atoms with Crippen LogP contribution >= 0.6 is 0 Å². The van der Waals surface area contributed by atoms with Gasteiger partial charge in [-0.2, -0.15) is 0 Å². The molecule has 5 nitrogen and oxygen atoms in total. The minimum Gasteiger partial charge on any atom is -0.491 e. The molecule has 0 saturated carbocycles. The van der Waals surface area contributed by atoms with Gasteiger partial charge < -0.3 is 20.5 Å². The molecule has 0 saturated heterocycles. The summed E-state index contributed by atoms with van der Waals surface area (Å²) in [5.41, 5.74) is 6.42. The van der Waals surface area contributed by atoms with Gasteiger partial charge in [0.2, 0.25) is 5.91 Å². The Morgan fingerprint density at radius 2 is 1.89 bits per heavy atom. The van der Waals surface area contributed by atoms with Crippen LogP contribution in [0.3, 0.4) is 0 Å². The van der Waals surface area contributed by atoms with Gasteiger partial charge in [0.15, 0.2) is 0 Å². The number of hydrogen-bond acceptors (Lipinski definition) is 4. The molecule has 0 bridgehead atoms. The van der Waals surface area contributed by atoms with Gasteiger partial charge in [-0.1, -0.05) is 6.92 Å². The van der Waals surface area contributed by atoms with E-state index in [0.29, 0.717) is 13.2 Å². The molecule has 3 N–H and O–H groups in total. The Hall–Kier alpha value is -1.59. The molecule has 0 spiro atoms. The summed E-state index contributed by atoms with van der Waals surface area (Å²) < 4.78 is 10.3. The van der Waals surface area contributed by atoms with Gasteiger partial charge in [-0.25, -0.2) is 0 Å². The Morgan fingerprint density at radius 3 is 2.42 bits per heavy atom. The molecule has 1 rings (SSSR count). The minimum absolute atomic E-state index is 0.0805. The summed E-state index contributed by atoms with van der Waals surface area (Å²) >= 11 is 0. The molecular weight excluding hydrogens is 244 g/mol. The zero-order valence-corrected chi connectivity index (χ0v) is 11.7. The predicted octanol–water partition coefficient (Wildman–Crippen LogP) is 1.63. The van der Waals surface area contributed by atoms with E-state index in [1.807, 2.05) is 26.0 Å². The SMILES string of the molecule is COCCOc1ccc(NC(=O)C(C)C(C)N)cc1. The summed E-state index contributed by atoms with van der Waals surface area (Å²) in [7, 11) is 1.63. The quantitative estimate of drug-likeness (QED) is 0.736. The fourth-order valence-corrected chi connectivity index (χ4v) is 1.37. The zero-order chi connectivity index (χ0) is 14.3. The molecule has 0 aliphatic carbocycles. The summed E-state index contributed by atoms with van der Waals surface area (Å²) in [5, 5.41) is 2.82. The lowest BCUT2D eigenvalue weighted by Gasteiger charge is -2.15. The molecule has 1 amide bonds. The Bertz CT molecular complexity index is 390. The van der Waals surface area contributed by atoms with Gasteiger partial charge in [0.05, 0.1) is 12.5 Å². The maximum atomic E-state index is 11.8. The molecule has 0 heterocycles. The number of ether oxygens (including phenoxy) is 2. The van der Waals surface area contributed by atoms with Crippen LogP contribution in [0.25, 0.3) is 0 Å². The first kappa shape index (κ1) is 15.5. The second-order valence-electron chi connectivity index (χ2n) is 4.50. The third kappa shape index (κ3) is 5.28. The highest BCUT2D eigenvalue weighted by Crippen LogP contribution is 2.16. The number of methoxy groups -OCH3 is 1. The van der Waals surface area contributed by atoms with Gasteiger partial charge in [-0.15, -0.1) is 0 Å². The molecule has 0 radical (unpaired) electrons. The third-order valence-electron chi connectivity index (χ3n) is 2.88. The first-order valence-corrected chi connectivity index (χ1v) is 6.33. The number of rotatable bonds is 7. The first-order chi connectivity index (χ1) is 9.04. The molecule has 1 aromatic rings. The lowest BCUT2D eigenvalue weighted by atomic mass is 10.0. The lowest BCUT2D eigenvalue weighted by Crippen LogP contribution is -2.34. The summed E-state index contributed by atoms with van der Waals surface area (Å²) in [6.07, 6.45) is 0. The average molecular weight is 266 g/mol. The van der Waals surface area contributed by atoms with Crippen LogP contribution in [-0.2, 0) is 9.53 Å². The molecule has 1 aromatic carbocycles. The van der Waals surface area contributed by atoms with Crippen molar-refractivity contribution in [3.05, 3.63) is 24.3 Å². The first-order valence-electron chi connectivity index (χ1n) is 6.33. The van der Waals surface area contributed by atoms with E-state index in [1.54, 1.807) is 19.2 Å². The van der Waals surface area contributed by atoms with Crippen molar-refractivity contribution >= 4 is 11.6 Å². The van der Waals surface area contributed by atoms with Crippen molar-refractivity contribution in [2.75, 3.05) is 25.6 Å². The smallest absolute Gasteiger partial charge is 0.228 e. The van der Waals surface area contributed by atoms with Crippen LogP contribution in [-0.4, -0.2) is 32.3 Å². The van der Waals surface area contributed by atoms with E-state index in [1.165, 1.54) is 0 Å². The van der Waals surface area contributed by atoms with Crippen LogP contribution in [0.1, 0.15) is 13.8 Å². The number of carbonyl (C=O) groups is 1. The fraction of sp³-hybridized carbons (Fsp3) is 0.500. The normalized spacial score (nSPS) is 13.7. The average Bonchev–Trinajstić information content (AvgIpc) is 2.40. The molecular formula is C14H22N2O3. The second-order valence-corrected chi connectivity index (χ2v) is 4.50. The van der Waals surface area contributed by atoms with E-state index < -0.39 is 0 Å². The number of amides is 1. The fourth-order valence-electron chi connectivity index (χ4n) is 1.37. The highest BCUT2D eigenvalue weighted by atomic mass is 16.5. The Balaban J connectivity index is 2.50. The Labute approximate surface area is 114 Å². The monoisotopic (exact) mass is 266 g/mol. The van der Waals surface area contributed by atoms with Crippen molar-refractivity contribution in [3.8, 4) is 5.75 Å². The lowest BCUT2D eigenvalue weighted by molar-refractivity contribution is -0.119. The van der Waals surface area contributed by atoms with Gasteiger partial charge in [0.1, 0.15) is 12.4 Å². The molecule has 0 aliphatic heterocycles. The molecule has 106 valence electrons. The molecule has 0 aliphatic rings. The molecule has 0 aromatic heterocycles. The number of hydrogen-bond donors (Lipinski definition) is 2. The maximum absolute atomic E-state index is 11.8. The summed E-state index contributed by atoms with van der Waals surface area (Å²) in [6, 6.07) is 7.04. The van der Waals surface area contributed by atoms with E-state index in [4.69, 9.17) is 15.2 Å². The minimum atomic E-state index is -0.224. The van der Waals surface area contributed by atoms with Crippen LogP contribution in [0.2, 0.25) is 0 Å². The topological polar surface area (TPSA) is 73.6 Å². The van der Waals surface area contributed by atoms with E-state index in [2.05, 4.69) is 5.32 Å². The van der Waals surface area contributed by atoms with Crippen LogP contribution in [0, 0.1) is 5.92 Å². The zero-order valence-electron chi connectivity index (χ0n) is 11.7. The van der Waals surface area contributed by atoms with Crippen molar-refractivity contribution in [1.82, 2.24) is 0 Å².